The lowest BCUT2D eigenvalue weighted by molar-refractivity contribution is -0.0468. The summed E-state index contributed by atoms with van der Waals surface area (Å²) in [6.45, 7) is 4.48. The van der Waals surface area contributed by atoms with Crippen molar-refractivity contribution in [1.82, 2.24) is 14.9 Å². The minimum absolute atomic E-state index is 0.0222. The van der Waals surface area contributed by atoms with Gasteiger partial charge in [0.2, 0.25) is 0 Å². The molecule has 0 N–H and O–H groups in total. The van der Waals surface area contributed by atoms with Crippen LogP contribution in [0.2, 0.25) is 0 Å². The Morgan fingerprint density at radius 1 is 1.08 bits per heavy atom. The van der Waals surface area contributed by atoms with Crippen LogP contribution in [0.4, 0.5) is 0 Å². The molecule has 0 amide bonds. The molecule has 0 radical (unpaired) electrons. The van der Waals surface area contributed by atoms with Gasteiger partial charge in [-0.15, -0.1) is 0 Å². The fourth-order valence-corrected chi connectivity index (χ4v) is 3.82. The van der Waals surface area contributed by atoms with Gasteiger partial charge in [-0.05, 0) is 42.2 Å². The number of piperidine rings is 1. The Morgan fingerprint density at radius 2 is 1.92 bits per heavy atom. The summed E-state index contributed by atoms with van der Waals surface area (Å²) in [6, 6.07) is 8.16. The average Bonchev–Trinajstić information content (AvgIpc) is 3.07. The van der Waals surface area contributed by atoms with Crippen molar-refractivity contribution in [3.8, 4) is 0 Å². The van der Waals surface area contributed by atoms with E-state index in [0.29, 0.717) is 13.2 Å². The van der Waals surface area contributed by atoms with Gasteiger partial charge in [0.05, 0.1) is 24.9 Å². The number of likely N-dealkylation sites (tertiary alicyclic amines) is 1. The second kappa shape index (κ2) is 7.60. The lowest BCUT2D eigenvalue weighted by Crippen LogP contribution is -2.43. The van der Waals surface area contributed by atoms with E-state index in [1.807, 2.05) is 43.0 Å². The van der Waals surface area contributed by atoms with Crippen molar-refractivity contribution in [1.29, 1.82) is 0 Å². The fraction of sp³-hybridized carbons (Fsp3) is 0.500. The van der Waals surface area contributed by atoms with E-state index in [1.54, 1.807) is 0 Å². The molecule has 0 aromatic carbocycles. The Kier molecular flexibility index (Phi) is 5.06. The molecule has 25 heavy (non-hydrogen) atoms. The third-order valence-corrected chi connectivity index (χ3v) is 5.31. The molecule has 1 spiro atoms. The first-order valence-electron chi connectivity index (χ1n) is 9.07. The zero-order valence-electron chi connectivity index (χ0n) is 14.5. The van der Waals surface area contributed by atoms with Crippen LogP contribution in [0.25, 0.3) is 0 Å². The fourth-order valence-electron chi connectivity index (χ4n) is 3.82. The quantitative estimate of drug-likeness (QED) is 0.838. The van der Waals surface area contributed by atoms with Crippen LogP contribution >= 0.6 is 0 Å². The molecule has 1 unspecified atom stereocenters. The van der Waals surface area contributed by atoms with Gasteiger partial charge in [0, 0.05) is 50.8 Å². The highest BCUT2D eigenvalue weighted by atomic mass is 16.6. The third-order valence-electron chi connectivity index (χ3n) is 5.31. The van der Waals surface area contributed by atoms with Gasteiger partial charge in [0.15, 0.2) is 0 Å². The van der Waals surface area contributed by atoms with Crippen molar-refractivity contribution in [2.45, 2.75) is 44.1 Å². The highest BCUT2D eigenvalue weighted by molar-refractivity contribution is 5.09. The minimum Gasteiger partial charge on any atom is -0.372 e. The maximum Gasteiger partial charge on any atom is 0.0840 e. The molecule has 4 rings (SSSR count). The predicted molar refractivity (Wildman–Crippen MR) is 94.9 cm³/mol. The second-order valence-corrected chi connectivity index (χ2v) is 7.12. The minimum atomic E-state index is 0.0222. The molecule has 2 aromatic heterocycles. The smallest absolute Gasteiger partial charge is 0.0840 e. The number of hydrogen-bond donors (Lipinski definition) is 0. The Bertz CT molecular complexity index is 657. The maximum atomic E-state index is 6.20. The molecule has 0 bridgehead atoms. The lowest BCUT2D eigenvalue weighted by Gasteiger charge is -2.38. The number of rotatable bonds is 5. The molecular formula is C20H25N3O2. The number of hydrogen-bond acceptors (Lipinski definition) is 5. The highest BCUT2D eigenvalue weighted by Crippen LogP contribution is 2.37. The largest absolute Gasteiger partial charge is 0.372 e. The van der Waals surface area contributed by atoms with Gasteiger partial charge in [-0.1, -0.05) is 6.07 Å². The molecule has 2 aliphatic rings. The molecule has 0 aliphatic carbocycles. The standard InChI is InChI=1S/C20H25N3O2/c1-2-18(13-22-7-1)14-23-10-5-20(6-11-23)12-19(16-25-20)24-15-17-3-8-21-9-4-17/h1-4,7-9,13,19H,5-6,10-12,14-16H2. The van der Waals surface area contributed by atoms with E-state index in [0.717, 1.165) is 38.9 Å². The van der Waals surface area contributed by atoms with Crippen LogP contribution in [0, 0.1) is 0 Å². The normalized spacial score (nSPS) is 23.1. The first-order chi connectivity index (χ1) is 12.3. The molecule has 2 aliphatic heterocycles. The van der Waals surface area contributed by atoms with Crippen LogP contribution in [0.3, 0.4) is 0 Å². The van der Waals surface area contributed by atoms with Crippen molar-refractivity contribution >= 4 is 0 Å². The zero-order chi connectivity index (χ0) is 17.0. The van der Waals surface area contributed by atoms with Crippen molar-refractivity contribution in [2.75, 3.05) is 19.7 Å². The third kappa shape index (κ3) is 4.24. The summed E-state index contributed by atoms with van der Waals surface area (Å²) in [6.07, 6.45) is 10.8. The summed E-state index contributed by atoms with van der Waals surface area (Å²) < 4.78 is 12.3. The van der Waals surface area contributed by atoms with Gasteiger partial charge in [-0.25, -0.2) is 0 Å². The van der Waals surface area contributed by atoms with E-state index in [1.165, 1.54) is 11.1 Å². The molecule has 2 aromatic rings. The summed E-state index contributed by atoms with van der Waals surface area (Å²) >= 11 is 0. The van der Waals surface area contributed by atoms with Crippen molar-refractivity contribution in [3.05, 3.63) is 60.2 Å². The Morgan fingerprint density at radius 3 is 2.68 bits per heavy atom. The van der Waals surface area contributed by atoms with Crippen LogP contribution in [-0.4, -0.2) is 46.3 Å². The highest BCUT2D eigenvalue weighted by Gasteiger charge is 2.43. The van der Waals surface area contributed by atoms with Crippen molar-refractivity contribution in [2.24, 2.45) is 0 Å². The van der Waals surface area contributed by atoms with Crippen LogP contribution < -0.4 is 0 Å². The second-order valence-electron chi connectivity index (χ2n) is 7.12. The Hall–Kier alpha value is -1.82. The average molecular weight is 339 g/mol. The van der Waals surface area contributed by atoms with E-state index in [2.05, 4.69) is 20.9 Å². The molecule has 4 heterocycles. The topological polar surface area (TPSA) is 47.5 Å². The molecule has 132 valence electrons. The van der Waals surface area contributed by atoms with E-state index < -0.39 is 0 Å². The zero-order valence-corrected chi connectivity index (χ0v) is 14.5. The number of nitrogens with zero attached hydrogens (tertiary/aromatic N) is 3. The van der Waals surface area contributed by atoms with E-state index in [9.17, 15) is 0 Å². The molecule has 5 heteroatoms. The summed E-state index contributed by atoms with van der Waals surface area (Å²) in [7, 11) is 0. The van der Waals surface area contributed by atoms with Gasteiger partial charge >= 0.3 is 0 Å². The maximum absolute atomic E-state index is 6.20. The van der Waals surface area contributed by atoms with Crippen LogP contribution in [0.1, 0.15) is 30.4 Å². The van der Waals surface area contributed by atoms with E-state index >= 15 is 0 Å². The molecule has 2 saturated heterocycles. The van der Waals surface area contributed by atoms with Crippen LogP contribution in [0.5, 0.6) is 0 Å². The summed E-state index contributed by atoms with van der Waals surface area (Å²) in [5.41, 5.74) is 2.47. The van der Waals surface area contributed by atoms with Gasteiger partial charge in [-0.2, -0.15) is 0 Å². The molecule has 0 saturated carbocycles. The van der Waals surface area contributed by atoms with E-state index in [4.69, 9.17) is 9.47 Å². The molecule has 5 nitrogen and oxygen atoms in total. The van der Waals surface area contributed by atoms with E-state index in [-0.39, 0.29) is 11.7 Å². The lowest BCUT2D eigenvalue weighted by atomic mass is 9.88. The number of aromatic nitrogens is 2. The van der Waals surface area contributed by atoms with Gasteiger partial charge in [0.25, 0.3) is 0 Å². The first-order valence-corrected chi connectivity index (χ1v) is 9.07. The molecule has 2 fully saturated rings. The van der Waals surface area contributed by atoms with Gasteiger partial charge < -0.3 is 9.47 Å². The van der Waals surface area contributed by atoms with Crippen LogP contribution in [0.15, 0.2) is 49.1 Å². The van der Waals surface area contributed by atoms with Crippen LogP contribution in [-0.2, 0) is 22.6 Å². The summed E-state index contributed by atoms with van der Waals surface area (Å²) in [5.74, 6) is 0. The predicted octanol–water partition coefficient (Wildman–Crippen LogP) is 2.82. The molecule has 1 atom stereocenters. The summed E-state index contributed by atoms with van der Waals surface area (Å²) in [5, 5.41) is 0. The SMILES string of the molecule is c1cncc(CN2CCC3(CC2)CC(OCc2ccncc2)CO3)c1. The Labute approximate surface area is 149 Å². The molecular weight excluding hydrogens is 314 g/mol. The first kappa shape index (κ1) is 16.6. The monoisotopic (exact) mass is 339 g/mol. The van der Waals surface area contributed by atoms with Crippen molar-refractivity contribution in [3.63, 3.8) is 0 Å². The summed E-state index contributed by atoms with van der Waals surface area (Å²) in [4.78, 5) is 10.7. The van der Waals surface area contributed by atoms with Gasteiger partial charge in [0.1, 0.15) is 0 Å². The Balaban J connectivity index is 1.24. The number of pyridine rings is 2. The van der Waals surface area contributed by atoms with Crippen molar-refractivity contribution < 1.29 is 9.47 Å². The van der Waals surface area contributed by atoms with Gasteiger partial charge in [-0.3, -0.25) is 14.9 Å². The number of ether oxygens (including phenoxy) is 2.